The highest BCUT2D eigenvalue weighted by atomic mass is 16.5. The molecule has 2 heterocycles. The lowest BCUT2D eigenvalue weighted by atomic mass is 10.0. The molecule has 0 aromatic carbocycles. The van der Waals surface area contributed by atoms with E-state index >= 15 is 0 Å². The Morgan fingerprint density at radius 3 is 3.14 bits per heavy atom. The highest BCUT2D eigenvalue weighted by Crippen LogP contribution is 2.30. The Labute approximate surface area is 82.5 Å². The summed E-state index contributed by atoms with van der Waals surface area (Å²) in [4.78, 5) is 4.16. The highest BCUT2D eigenvalue weighted by Gasteiger charge is 2.20. The number of aromatic hydroxyl groups is 1. The Bertz CT molecular complexity index is 321. The molecule has 0 radical (unpaired) electrons. The Hall–Kier alpha value is -1.29. The third kappa shape index (κ3) is 1.65. The van der Waals surface area contributed by atoms with Crippen molar-refractivity contribution in [2.75, 3.05) is 20.3 Å². The first kappa shape index (κ1) is 9.27. The molecule has 1 aliphatic rings. The summed E-state index contributed by atoms with van der Waals surface area (Å²) in [5, 5.41) is 9.36. The maximum absolute atomic E-state index is 9.36. The van der Waals surface area contributed by atoms with Gasteiger partial charge in [0.25, 0.3) is 0 Å². The Kier molecular flexibility index (Phi) is 2.54. The number of hydrogen-bond donors (Lipinski definition) is 1. The molecule has 1 atom stereocenters. The van der Waals surface area contributed by atoms with Crippen molar-refractivity contribution in [3.05, 3.63) is 18.0 Å². The first-order valence-corrected chi connectivity index (χ1v) is 4.62. The number of rotatable bonds is 2. The molecule has 1 aromatic rings. The van der Waals surface area contributed by atoms with E-state index in [1.807, 2.05) is 0 Å². The second-order valence-electron chi connectivity index (χ2n) is 3.34. The lowest BCUT2D eigenvalue weighted by Gasteiger charge is -2.09. The van der Waals surface area contributed by atoms with E-state index in [1.165, 1.54) is 13.3 Å². The van der Waals surface area contributed by atoms with Crippen LogP contribution in [0.3, 0.4) is 0 Å². The van der Waals surface area contributed by atoms with Gasteiger partial charge in [-0.2, -0.15) is 0 Å². The van der Waals surface area contributed by atoms with Crippen molar-refractivity contribution in [2.24, 2.45) is 0 Å². The number of ether oxygens (including phenoxy) is 2. The fourth-order valence-electron chi connectivity index (χ4n) is 1.60. The number of nitrogens with zero attached hydrogens (tertiary/aromatic N) is 1. The summed E-state index contributed by atoms with van der Waals surface area (Å²) in [6.45, 7) is 1.50. The summed E-state index contributed by atoms with van der Waals surface area (Å²) in [6.07, 6.45) is 2.41. The van der Waals surface area contributed by atoms with Crippen molar-refractivity contribution < 1.29 is 14.6 Å². The molecule has 1 aliphatic heterocycles. The summed E-state index contributed by atoms with van der Waals surface area (Å²) < 4.78 is 10.3. The molecule has 76 valence electrons. The summed E-state index contributed by atoms with van der Waals surface area (Å²) in [6, 6.07) is 1.77. The van der Waals surface area contributed by atoms with Gasteiger partial charge in [-0.1, -0.05) is 0 Å². The van der Waals surface area contributed by atoms with Crippen LogP contribution in [-0.4, -0.2) is 30.4 Å². The van der Waals surface area contributed by atoms with E-state index in [0.717, 1.165) is 18.7 Å². The van der Waals surface area contributed by atoms with Gasteiger partial charge < -0.3 is 14.6 Å². The van der Waals surface area contributed by atoms with Gasteiger partial charge in [0.2, 0.25) is 0 Å². The van der Waals surface area contributed by atoms with Gasteiger partial charge in [-0.25, -0.2) is 0 Å². The van der Waals surface area contributed by atoms with Crippen molar-refractivity contribution in [1.82, 2.24) is 4.98 Å². The first-order valence-electron chi connectivity index (χ1n) is 4.62. The second kappa shape index (κ2) is 3.84. The zero-order chi connectivity index (χ0) is 9.97. The second-order valence-corrected chi connectivity index (χ2v) is 3.34. The van der Waals surface area contributed by atoms with Gasteiger partial charge in [-0.05, 0) is 6.42 Å². The predicted octanol–water partition coefficient (Wildman–Crippen LogP) is 1.30. The standard InChI is InChI=1S/C10H13NO3/c1-13-10-4-8(11-5-9(10)12)7-2-3-14-6-7/h4-5,7,12H,2-3,6H2,1H3. The first-order chi connectivity index (χ1) is 6.81. The minimum atomic E-state index is 0.0789. The summed E-state index contributed by atoms with van der Waals surface area (Å²) in [7, 11) is 1.53. The van der Waals surface area contributed by atoms with E-state index in [-0.39, 0.29) is 5.75 Å². The minimum absolute atomic E-state index is 0.0789. The fourth-order valence-corrected chi connectivity index (χ4v) is 1.60. The average molecular weight is 195 g/mol. The van der Waals surface area contributed by atoms with Crippen molar-refractivity contribution in [3.8, 4) is 11.5 Å². The Morgan fingerprint density at radius 2 is 2.50 bits per heavy atom. The van der Waals surface area contributed by atoms with E-state index < -0.39 is 0 Å². The van der Waals surface area contributed by atoms with Gasteiger partial charge in [0, 0.05) is 24.3 Å². The van der Waals surface area contributed by atoms with Crippen molar-refractivity contribution in [3.63, 3.8) is 0 Å². The van der Waals surface area contributed by atoms with Crippen LogP contribution in [0, 0.1) is 0 Å². The largest absolute Gasteiger partial charge is 0.503 e. The molecule has 1 saturated heterocycles. The molecule has 2 rings (SSSR count). The molecule has 14 heavy (non-hydrogen) atoms. The molecule has 0 amide bonds. The van der Waals surface area contributed by atoms with Crippen LogP contribution in [0.1, 0.15) is 18.0 Å². The normalized spacial score (nSPS) is 21.1. The maximum atomic E-state index is 9.36. The molecule has 0 bridgehead atoms. The van der Waals surface area contributed by atoms with E-state index in [9.17, 15) is 5.11 Å². The molecule has 0 saturated carbocycles. The van der Waals surface area contributed by atoms with Crippen LogP contribution in [0.5, 0.6) is 11.5 Å². The molecule has 4 nitrogen and oxygen atoms in total. The molecule has 1 aromatic heterocycles. The van der Waals surface area contributed by atoms with Crippen LogP contribution in [0.25, 0.3) is 0 Å². The van der Waals surface area contributed by atoms with Gasteiger partial charge >= 0.3 is 0 Å². The molecule has 0 aliphatic carbocycles. The average Bonchev–Trinajstić information content (AvgIpc) is 2.71. The van der Waals surface area contributed by atoms with Gasteiger partial charge in [0.1, 0.15) is 0 Å². The monoisotopic (exact) mass is 195 g/mol. The summed E-state index contributed by atoms with van der Waals surface area (Å²) >= 11 is 0. The molecule has 0 spiro atoms. The van der Waals surface area contributed by atoms with Gasteiger partial charge in [-0.3, -0.25) is 4.98 Å². The summed E-state index contributed by atoms with van der Waals surface area (Å²) in [5.41, 5.74) is 0.928. The van der Waals surface area contributed by atoms with Crippen LogP contribution in [0.2, 0.25) is 0 Å². The van der Waals surface area contributed by atoms with E-state index in [0.29, 0.717) is 18.3 Å². The molecular weight excluding hydrogens is 182 g/mol. The van der Waals surface area contributed by atoms with Gasteiger partial charge in [0.15, 0.2) is 11.5 Å². The molecule has 1 unspecified atom stereocenters. The predicted molar refractivity (Wildman–Crippen MR) is 50.6 cm³/mol. The van der Waals surface area contributed by atoms with Crippen LogP contribution in [0.4, 0.5) is 0 Å². The lowest BCUT2D eigenvalue weighted by Crippen LogP contribution is -2.01. The van der Waals surface area contributed by atoms with Crippen molar-refractivity contribution in [2.45, 2.75) is 12.3 Å². The number of pyridine rings is 1. The zero-order valence-corrected chi connectivity index (χ0v) is 8.06. The van der Waals surface area contributed by atoms with Crippen molar-refractivity contribution in [1.29, 1.82) is 0 Å². The van der Waals surface area contributed by atoms with Crippen LogP contribution >= 0.6 is 0 Å². The fraction of sp³-hybridized carbons (Fsp3) is 0.500. The quantitative estimate of drug-likeness (QED) is 0.772. The van der Waals surface area contributed by atoms with Crippen molar-refractivity contribution >= 4 is 0 Å². The van der Waals surface area contributed by atoms with Crippen LogP contribution < -0.4 is 4.74 Å². The zero-order valence-electron chi connectivity index (χ0n) is 8.06. The molecular formula is C10H13NO3. The number of methoxy groups -OCH3 is 1. The summed E-state index contributed by atoms with van der Waals surface area (Å²) in [5.74, 6) is 0.890. The minimum Gasteiger partial charge on any atom is -0.503 e. The third-order valence-electron chi connectivity index (χ3n) is 2.44. The number of hydrogen-bond acceptors (Lipinski definition) is 4. The van der Waals surface area contributed by atoms with E-state index in [1.54, 1.807) is 6.07 Å². The Morgan fingerprint density at radius 1 is 1.64 bits per heavy atom. The topological polar surface area (TPSA) is 51.6 Å². The smallest absolute Gasteiger partial charge is 0.176 e. The van der Waals surface area contributed by atoms with Gasteiger partial charge in [0.05, 0.1) is 19.9 Å². The maximum Gasteiger partial charge on any atom is 0.176 e. The van der Waals surface area contributed by atoms with Crippen LogP contribution in [0.15, 0.2) is 12.3 Å². The van der Waals surface area contributed by atoms with E-state index in [4.69, 9.17) is 9.47 Å². The number of aromatic nitrogens is 1. The van der Waals surface area contributed by atoms with Gasteiger partial charge in [-0.15, -0.1) is 0 Å². The Balaban J connectivity index is 2.25. The van der Waals surface area contributed by atoms with E-state index in [2.05, 4.69) is 4.98 Å². The molecule has 4 heteroatoms. The molecule has 1 fully saturated rings. The third-order valence-corrected chi connectivity index (χ3v) is 2.44. The highest BCUT2D eigenvalue weighted by molar-refractivity contribution is 5.38. The SMILES string of the molecule is COc1cc(C2CCOC2)ncc1O. The molecule has 1 N–H and O–H groups in total. The van der Waals surface area contributed by atoms with Crippen LogP contribution in [-0.2, 0) is 4.74 Å². The lowest BCUT2D eigenvalue weighted by molar-refractivity contribution is 0.193.